The van der Waals surface area contributed by atoms with Crippen LogP contribution >= 0.6 is 23.1 Å². The number of rotatable bonds is 7. The highest BCUT2D eigenvalue weighted by Crippen LogP contribution is 2.25. The van der Waals surface area contributed by atoms with Crippen molar-refractivity contribution in [1.82, 2.24) is 14.3 Å². The summed E-state index contributed by atoms with van der Waals surface area (Å²) in [7, 11) is -3.40. The Morgan fingerprint density at radius 2 is 1.86 bits per heavy atom. The molecular weight excluding hydrogens is 410 g/mol. The lowest BCUT2D eigenvalue weighted by molar-refractivity contribution is 0.477. The smallest absolute Gasteiger partial charge is 0.244 e. The molecule has 0 unspecified atom stereocenters. The number of nitrogens with zero attached hydrogens (tertiary/aromatic N) is 3. The fourth-order valence-electron chi connectivity index (χ4n) is 3.10. The van der Waals surface area contributed by atoms with E-state index in [1.165, 1.54) is 11.8 Å². The van der Waals surface area contributed by atoms with Gasteiger partial charge in [0.1, 0.15) is 4.90 Å². The third-order valence-electron chi connectivity index (χ3n) is 4.58. The summed E-state index contributed by atoms with van der Waals surface area (Å²) in [5.41, 5.74) is 2.28. The van der Waals surface area contributed by atoms with Gasteiger partial charge in [-0.3, -0.25) is 0 Å². The molecule has 4 rings (SSSR count). The average molecular weight is 432 g/mol. The molecule has 3 heterocycles. The molecule has 0 amide bonds. The van der Waals surface area contributed by atoms with Gasteiger partial charge >= 0.3 is 0 Å². The van der Waals surface area contributed by atoms with Crippen LogP contribution < -0.4 is 0 Å². The first-order valence-electron chi connectivity index (χ1n) is 9.17. The van der Waals surface area contributed by atoms with Crippen LogP contribution in [0.1, 0.15) is 29.1 Å². The number of thiazole rings is 1. The highest BCUT2D eigenvalue weighted by atomic mass is 32.2. The summed E-state index contributed by atoms with van der Waals surface area (Å²) in [5.74, 6) is 0.719. The highest BCUT2D eigenvalue weighted by molar-refractivity contribution is 7.98. The van der Waals surface area contributed by atoms with E-state index in [9.17, 15) is 8.42 Å². The van der Waals surface area contributed by atoms with Crippen molar-refractivity contribution in [2.24, 2.45) is 0 Å². The van der Waals surface area contributed by atoms with Crippen molar-refractivity contribution in [3.63, 3.8) is 0 Å². The minimum absolute atomic E-state index is 0.276. The number of sulfonamides is 1. The minimum atomic E-state index is -3.40. The Morgan fingerprint density at radius 3 is 2.57 bits per heavy atom. The number of hydrogen-bond acceptors (Lipinski definition) is 6. The second-order valence-electron chi connectivity index (χ2n) is 6.63. The van der Waals surface area contributed by atoms with Gasteiger partial charge in [-0.2, -0.15) is 4.31 Å². The van der Waals surface area contributed by atoms with Crippen molar-refractivity contribution in [1.29, 1.82) is 0 Å². The van der Waals surface area contributed by atoms with Crippen LogP contribution in [0, 0.1) is 0 Å². The van der Waals surface area contributed by atoms with E-state index in [0.717, 1.165) is 40.7 Å². The molecule has 0 bridgehead atoms. The van der Waals surface area contributed by atoms with Crippen molar-refractivity contribution < 1.29 is 8.42 Å². The quantitative estimate of drug-likeness (QED) is 0.525. The van der Waals surface area contributed by atoms with Crippen molar-refractivity contribution >= 4 is 33.1 Å². The second kappa shape index (κ2) is 8.73. The minimum Gasteiger partial charge on any atom is -0.249 e. The SMILES string of the molecule is O=S(=O)(c1ccc(SCc2csc(Cc3ccccc3)n2)nc1)N1CCCC1. The van der Waals surface area contributed by atoms with Crippen LogP contribution in [-0.2, 0) is 22.2 Å². The third kappa shape index (κ3) is 4.63. The lowest BCUT2D eigenvalue weighted by atomic mass is 10.2. The van der Waals surface area contributed by atoms with Crippen LogP contribution in [0.15, 0.2) is 64.0 Å². The van der Waals surface area contributed by atoms with Crippen LogP contribution in [-0.4, -0.2) is 35.8 Å². The van der Waals surface area contributed by atoms with Crippen LogP contribution in [0.2, 0.25) is 0 Å². The van der Waals surface area contributed by atoms with E-state index in [4.69, 9.17) is 4.98 Å². The van der Waals surface area contributed by atoms with Gasteiger partial charge in [-0.25, -0.2) is 18.4 Å². The number of thioether (sulfide) groups is 1. The summed E-state index contributed by atoms with van der Waals surface area (Å²) in [6, 6.07) is 13.8. The molecule has 1 saturated heterocycles. The van der Waals surface area contributed by atoms with Gasteiger partial charge in [-0.15, -0.1) is 23.1 Å². The topological polar surface area (TPSA) is 63.2 Å². The molecule has 0 aliphatic carbocycles. The van der Waals surface area contributed by atoms with Gasteiger partial charge in [-0.1, -0.05) is 30.3 Å². The highest BCUT2D eigenvalue weighted by Gasteiger charge is 2.27. The lowest BCUT2D eigenvalue weighted by Gasteiger charge is -2.15. The molecule has 0 saturated carbocycles. The zero-order valence-electron chi connectivity index (χ0n) is 15.3. The molecule has 1 aliphatic heterocycles. The lowest BCUT2D eigenvalue weighted by Crippen LogP contribution is -2.27. The number of hydrogen-bond donors (Lipinski definition) is 0. The van der Waals surface area contributed by atoms with Gasteiger partial charge in [-0.05, 0) is 30.5 Å². The summed E-state index contributed by atoms with van der Waals surface area (Å²) in [5, 5.41) is 3.98. The zero-order chi connectivity index (χ0) is 19.4. The van der Waals surface area contributed by atoms with Gasteiger partial charge in [0, 0.05) is 36.8 Å². The zero-order valence-corrected chi connectivity index (χ0v) is 17.8. The summed E-state index contributed by atoms with van der Waals surface area (Å²) in [6.07, 6.45) is 4.18. The molecule has 1 aromatic carbocycles. The predicted molar refractivity (Wildman–Crippen MR) is 113 cm³/mol. The first-order chi connectivity index (χ1) is 13.6. The van der Waals surface area contributed by atoms with E-state index in [0.29, 0.717) is 13.1 Å². The first-order valence-corrected chi connectivity index (χ1v) is 12.5. The predicted octanol–water partition coefficient (Wildman–Crippen LogP) is 4.21. The Morgan fingerprint density at radius 1 is 1.07 bits per heavy atom. The van der Waals surface area contributed by atoms with Gasteiger partial charge < -0.3 is 0 Å². The fourth-order valence-corrected chi connectivity index (χ4v) is 6.23. The standard InChI is InChI=1S/C20H21N3O2S3/c24-28(25,23-10-4-5-11-23)18-8-9-19(21-13-18)26-14-17-15-27-20(22-17)12-16-6-2-1-3-7-16/h1-3,6-9,13,15H,4-5,10-12,14H2. The Balaban J connectivity index is 1.35. The van der Waals surface area contributed by atoms with Gasteiger partial charge in [0.05, 0.1) is 15.7 Å². The molecular formula is C20H21N3O2S3. The normalized spacial score (nSPS) is 15.1. The maximum atomic E-state index is 12.5. The third-order valence-corrected chi connectivity index (χ3v) is 8.33. The van der Waals surface area contributed by atoms with Crippen molar-refractivity contribution in [2.45, 2.75) is 34.9 Å². The molecule has 0 radical (unpaired) electrons. The van der Waals surface area contributed by atoms with Gasteiger partial charge in [0.15, 0.2) is 0 Å². The maximum absolute atomic E-state index is 12.5. The molecule has 2 aromatic heterocycles. The summed E-state index contributed by atoms with van der Waals surface area (Å²) in [6.45, 7) is 1.21. The van der Waals surface area contributed by atoms with Gasteiger partial charge in [0.2, 0.25) is 10.0 Å². The molecule has 1 aliphatic rings. The number of pyridine rings is 1. The van der Waals surface area contributed by atoms with E-state index in [-0.39, 0.29) is 4.90 Å². The largest absolute Gasteiger partial charge is 0.249 e. The van der Waals surface area contributed by atoms with E-state index < -0.39 is 10.0 Å². The van der Waals surface area contributed by atoms with Crippen LogP contribution in [0.25, 0.3) is 0 Å². The molecule has 146 valence electrons. The molecule has 1 fully saturated rings. The number of aromatic nitrogens is 2. The van der Waals surface area contributed by atoms with E-state index in [1.807, 2.05) is 18.2 Å². The summed E-state index contributed by atoms with van der Waals surface area (Å²) >= 11 is 3.24. The second-order valence-corrected chi connectivity index (χ2v) is 10.5. The molecule has 0 atom stereocenters. The average Bonchev–Trinajstić information content (AvgIpc) is 3.40. The van der Waals surface area contributed by atoms with Gasteiger partial charge in [0.25, 0.3) is 0 Å². The van der Waals surface area contributed by atoms with Crippen LogP contribution in [0.4, 0.5) is 0 Å². The molecule has 28 heavy (non-hydrogen) atoms. The molecule has 3 aromatic rings. The molecule has 8 heteroatoms. The molecule has 5 nitrogen and oxygen atoms in total. The van der Waals surface area contributed by atoms with E-state index in [1.54, 1.807) is 39.5 Å². The van der Waals surface area contributed by atoms with E-state index in [2.05, 4.69) is 22.5 Å². The Kier molecular flexibility index (Phi) is 6.10. The van der Waals surface area contributed by atoms with Crippen molar-refractivity contribution in [3.05, 3.63) is 70.3 Å². The summed E-state index contributed by atoms with van der Waals surface area (Å²) < 4.78 is 26.6. The first kappa shape index (κ1) is 19.6. The van der Waals surface area contributed by atoms with Crippen molar-refractivity contribution in [2.75, 3.05) is 13.1 Å². The van der Waals surface area contributed by atoms with E-state index >= 15 is 0 Å². The Labute approximate surface area is 173 Å². The van der Waals surface area contributed by atoms with Crippen molar-refractivity contribution in [3.8, 4) is 0 Å². The Hall–Kier alpha value is -1.74. The van der Waals surface area contributed by atoms with Crippen LogP contribution in [0.5, 0.6) is 0 Å². The maximum Gasteiger partial charge on any atom is 0.244 e. The fraction of sp³-hybridized carbons (Fsp3) is 0.300. The molecule has 0 spiro atoms. The molecule has 0 N–H and O–H groups in total. The summed E-state index contributed by atoms with van der Waals surface area (Å²) in [4.78, 5) is 9.31. The monoisotopic (exact) mass is 431 g/mol. The number of benzene rings is 1. The Bertz CT molecular complexity index is 1010. The van der Waals surface area contributed by atoms with Crippen LogP contribution in [0.3, 0.4) is 0 Å².